The molecule has 0 aromatic heterocycles. The van der Waals surface area contributed by atoms with Crippen LogP contribution in [0, 0.1) is 10.1 Å². The monoisotopic (exact) mass is 291 g/mol. The van der Waals surface area contributed by atoms with Gasteiger partial charge in [-0.2, -0.15) is 0 Å². The number of carbonyl (C=O) groups is 1. The molecule has 0 radical (unpaired) electrons. The van der Waals surface area contributed by atoms with Crippen molar-refractivity contribution in [2.75, 3.05) is 19.6 Å². The Morgan fingerprint density at radius 2 is 2.33 bits per heavy atom. The number of benzene rings is 1. The smallest absolute Gasteiger partial charge is 0.269 e. The van der Waals surface area contributed by atoms with E-state index in [0.29, 0.717) is 5.56 Å². The fourth-order valence-electron chi connectivity index (χ4n) is 2.71. The van der Waals surface area contributed by atoms with E-state index < -0.39 is 4.92 Å². The van der Waals surface area contributed by atoms with Crippen LogP contribution < -0.4 is 5.32 Å². The number of hydrogen-bond acceptors (Lipinski definition) is 4. The summed E-state index contributed by atoms with van der Waals surface area (Å²) in [6.07, 6.45) is 2.11. The van der Waals surface area contributed by atoms with E-state index in [4.69, 9.17) is 0 Å². The Morgan fingerprint density at radius 1 is 1.52 bits per heavy atom. The largest absolute Gasteiger partial charge is 0.338 e. The van der Waals surface area contributed by atoms with Crippen LogP contribution >= 0.6 is 0 Å². The van der Waals surface area contributed by atoms with Gasteiger partial charge in [-0.05, 0) is 24.9 Å². The van der Waals surface area contributed by atoms with Gasteiger partial charge in [0.1, 0.15) is 0 Å². The highest BCUT2D eigenvalue weighted by molar-refractivity contribution is 5.79. The first kappa shape index (κ1) is 15.4. The van der Waals surface area contributed by atoms with E-state index in [1.54, 1.807) is 12.1 Å². The third-order valence-corrected chi connectivity index (χ3v) is 3.74. The van der Waals surface area contributed by atoms with Gasteiger partial charge in [0.15, 0.2) is 0 Å². The summed E-state index contributed by atoms with van der Waals surface area (Å²) in [7, 11) is 0. The molecule has 1 saturated heterocycles. The minimum absolute atomic E-state index is 0.0323. The first-order chi connectivity index (χ1) is 10.1. The molecule has 1 unspecified atom stereocenters. The lowest BCUT2D eigenvalue weighted by atomic mass is 10.1. The highest BCUT2D eigenvalue weighted by atomic mass is 16.6. The number of carbonyl (C=O) groups excluding carboxylic acids is 1. The molecule has 1 atom stereocenters. The SMILES string of the molecule is CCCN(C(=O)Cc1cccc([N+](=O)[O-])c1)C1CCNC1. The molecule has 1 amide bonds. The second-order valence-corrected chi connectivity index (χ2v) is 5.34. The van der Waals surface area contributed by atoms with Crippen molar-refractivity contribution in [2.45, 2.75) is 32.2 Å². The van der Waals surface area contributed by atoms with Crippen molar-refractivity contribution in [3.8, 4) is 0 Å². The molecule has 6 nitrogen and oxygen atoms in total. The van der Waals surface area contributed by atoms with E-state index in [0.717, 1.165) is 32.5 Å². The Hall–Kier alpha value is -1.95. The van der Waals surface area contributed by atoms with Crippen LogP contribution in [0.15, 0.2) is 24.3 Å². The molecule has 114 valence electrons. The first-order valence-corrected chi connectivity index (χ1v) is 7.35. The molecule has 1 heterocycles. The average molecular weight is 291 g/mol. The minimum Gasteiger partial charge on any atom is -0.338 e. The van der Waals surface area contributed by atoms with Gasteiger partial charge < -0.3 is 10.2 Å². The van der Waals surface area contributed by atoms with Crippen LogP contribution in [0.2, 0.25) is 0 Å². The van der Waals surface area contributed by atoms with Crippen molar-refractivity contribution in [1.82, 2.24) is 10.2 Å². The van der Waals surface area contributed by atoms with Gasteiger partial charge in [-0.3, -0.25) is 14.9 Å². The molecule has 1 aromatic rings. The fourth-order valence-corrected chi connectivity index (χ4v) is 2.71. The lowest BCUT2D eigenvalue weighted by Crippen LogP contribution is -2.42. The van der Waals surface area contributed by atoms with Gasteiger partial charge in [0.2, 0.25) is 5.91 Å². The lowest BCUT2D eigenvalue weighted by molar-refractivity contribution is -0.384. The van der Waals surface area contributed by atoms with Crippen LogP contribution in [-0.4, -0.2) is 41.4 Å². The second kappa shape index (κ2) is 7.17. The fraction of sp³-hybridized carbons (Fsp3) is 0.533. The summed E-state index contributed by atoms with van der Waals surface area (Å²) in [5, 5.41) is 14.1. The number of amides is 1. The molecular formula is C15H21N3O3. The lowest BCUT2D eigenvalue weighted by Gasteiger charge is -2.28. The van der Waals surface area contributed by atoms with Crippen molar-refractivity contribution in [2.24, 2.45) is 0 Å². The third-order valence-electron chi connectivity index (χ3n) is 3.74. The number of nitrogens with one attached hydrogen (secondary N) is 1. The van der Waals surface area contributed by atoms with Crippen LogP contribution in [-0.2, 0) is 11.2 Å². The molecule has 2 rings (SSSR count). The van der Waals surface area contributed by atoms with Gasteiger partial charge in [-0.25, -0.2) is 0 Å². The van der Waals surface area contributed by atoms with Crippen molar-refractivity contribution in [3.63, 3.8) is 0 Å². The van der Waals surface area contributed by atoms with E-state index in [-0.39, 0.29) is 24.1 Å². The van der Waals surface area contributed by atoms with Crippen molar-refractivity contribution in [1.29, 1.82) is 0 Å². The molecule has 1 aromatic carbocycles. The number of non-ortho nitro benzene ring substituents is 1. The maximum Gasteiger partial charge on any atom is 0.269 e. The normalized spacial score (nSPS) is 17.7. The van der Waals surface area contributed by atoms with Gasteiger partial charge in [-0.15, -0.1) is 0 Å². The first-order valence-electron chi connectivity index (χ1n) is 7.35. The van der Waals surface area contributed by atoms with Crippen molar-refractivity contribution >= 4 is 11.6 Å². The van der Waals surface area contributed by atoms with Gasteiger partial charge in [-0.1, -0.05) is 19.1 Å². The Bertz CT molecular complexity index is 513. The average Bonchev–Trinajstić information content (AvgIpc) is 2.98. The molecule has 0 bridgehead atoms. The summed E-state index contributed by atoms with van der Waals surface area (Å²) in [6.45, 7) is 4.56. The summed E-state index contributed by atoms with van der Waals surface area (Å²) < 4.78 is 0. The van der Waals surface area contributed by atoms with Gasteiger partial charge in [0.05, 0.1) is 11.3 Å². The zero-order valence-corrected chi connectivity index (χ0v) is 12.2. The third kappa shape index (κ3) is 4.01. The topological polar surface area (TPSA) is 75.5 Å². The standard InChI is InChI=1S/C15H21N3O3/c1-2-8-17(14-6-7-16-11-14)15(19)10-12-4-3-5-13(9-12)18(20)21/h3-5,9,14,16H,2,6-8,10-11H2,1H3. The molecule has 1 N–H and O–H groups in total. The molecule has 0 spiro atoms. The van der Waals surface area contributed by atoms with Crippen LogP contribution in [0.1, 0.15) is 25.3 Å². The summed E-state index contributed by atoms with van der Waals surface area (Å²) in [5.74, 6) is 0.0473. The van der Waals surface area contributed by atoms with Crippen molar-refractivity contribution < 1.29 is 9.72 Å². The zero-order valence-electron chi connectivity index (χ0n) is 12.2. The second-order valence-electron chi connectivity index (χ2n) is 5.34. The van der Waals surface area contributed by atoms with E-state index in [2.05, 4.69) is 12.2 Å². The van der Waals surface area contributed by atoms with E-state index in [9.17, 15) is 14.9 Å². The highest BCUT2D eigenvalue weighted by Gasteiger charge is 2.25. The van der Waals surface area contributed by atoms with Crippen LogP contribution in [0.5, 0.6) is 0 Å². The number of rotatable bonds is 6. The Labute approximate surface area is 124 Å². The number of nitro groups is 1. The summed E-state index contributed by atoms with van der Waals surface area (Å²) in [4.78, 5) is 24.8. The van der Waals surface area contributed by atoms with Crippen LogP contribution in [0.25, 0.3) is 0 Å². The maximum absolute atomic E-state index is 12.5. The Kier molecular flexibility index (Phi) is 5.27. The Balaban J connectivity index is 2.07. The van der Waals surface area contributed by atoms with Crippen LogP contribution in [0.4, 0.5) is 5.69 Å². The molecule has 21 heavy (non-hydrogen) atoms. The van der Waals surface area contributed by atoms with Gasteiger partial charge in [0.25, 0.3) is 5.69 Å². The molecule has 1 aliphatic heterocycles. The van der Waals surface area contributed by atoms with Crippen LogP contribution in [0.3, 0.4) is 0 Å². The number of nitrogens with zero attached hydrogens (tertiary/aromatic N) is 2. The highest BCUT2D eigenvalue weighted by Crippen LogP contribution is 2.16. The molecule has 6 heteroatoms. The van der Waals surface area contributed by atoms with E-state index >= 15 is 0 Å². The predicted molar refractivity (Wildman–Crippen MR) is 80.1 cm³/mol. The molecule has 1 fully saturated rings. The summed E-state index contributed by atoms with van der Waals surface area (Å²) >= 11 is 0. The van der Waals surface area contributed by atoms with Gasteiger partial charge in [0, 0.05) is 31.3 Å². The Morgan fingerprint density at radius 3 is 2.95 bits per heavy atom. The van der Waals surface area contributed by atoms with E-state index in [1.165, 1.54) is 12.1 Å². The summed E-state index contributed by atoms with van der Waals surface area (Å²) in [6, 6.07) is 6.56. The molecule has 0 saturated carbocycles. The molecule has 0 aliphatic carbocycles. The predicted octanol–water partition coefficient (Wildman–Crippen LogP) is 1.74. The maximum atomic E-state index is 12.5. The quantitative estimate of drug-likeness (QED) is 0.640. The molecular weight excluding hydrogens is 270 g/mol. The number of hydrogen-bond donors (Lipinski definition) is 1. The molecule has 1 aliphatic rings. The van der Waals surface area contributed by atoms with E-state index in [1.807, 2.05) is 4.90 Å². The van der Waals surface area contributed by atoms with Gasteiger partial charge >= 0.3 is 0 Å². The zero-order chi connectivity index (χ0) is 15.2. The summed E-state index contributed by atoms with van der Waals surface area (Å²) in [5.41, 5.74) is 0.728. The number of nitro benzene ring substituents is 1. The van der Waals surface area contributed by atoms with Crippen molar-refractivity contribution in [3.05, 3.63) is 39.9 Å². The minimum atomic E-state index is -0.432.